The lowest BCUT2D eigenvalue weighted by Crippen LogP contribution is -2.57. The number of rotatable bonds is 7. The lowest BCUT2D eigenvalue weighted by molar-refractivity contribution is -0.146. The summed E-state index contributed by atoms with van der Waals surface area (Å²) < 4.78 is 11.1. The van der Waals surface area contributed by atoms with Crippen LogP contribution >= 0.6 is 0 Å². The maximum atomic E-state index is 13.6. The fraction of sp³-hybridized carbons (Fsp3) is 0.680. The molecule has 1 aromatic rings. The van der Waals surface area contributed by atoms with Gasteiger partial charge in [0.2, 0.25) is 11.8 Å². The third-order valence-corrected chi connectivity index (χ3v) is 7.30. The van der Waals surface area contributed by atoms with E-state index in [9.17, 15) is 9.59 Å². The van der Waals surface area contributed by atoms with Crippen LogP contribution in [-0.2, 0) is 9.59 Å². The van der Waals surface area contributed by atoms with E-state index in [0.717, 1.165) is 68.8 Å². The number of methoxy groups -OCH3 is 1. The van der Waals surface area contributed by atoms with Gasteiger partial charge in [0.25, 0.3) is 0 Å². The smallest absolute Gasteiger partial charge is 0.226 e. The molecular formula is C25H38N4O4. The third kappa shape index (κ3) is 5.21. The first kappa shape index (κ1) is 23.7. The van der Waals surface area contributed by atoms with E-state index in [4.69, 9.17) is 15.2 Å². The van der Waals surface area contributed by atoms with E-state index < -0.39 is 5.66 Å². The summed E-state index contributed by atoms with van der Waals surface area (Å²) in [4.78, 5) is 30.8. The van der Waals surface area contributed by atoms with Crippen molar-refractivity contribution in [3.05, 3.63) is 18.2 Å². The molecule has 1 heterocycles. The summed E-state index contributed by atoms with van der Waals surface area (Å²) >= 11 is 0. The van der Waals surface area contributed by atoms with Crippen molar-refractivity contribution >= 4 is 17.5 Å². The zero-order valence-electron chi connectivity index (χ0n) is 20.1. The normalized spacial score (nSPS) is 26.5. The van der Waals surface area contributed by atoms with Crippen molar-refractivity contribution in [3.8, 4) is 11.5 Å². The van der Waals surface area contributed by atoms with Gasteiger partial charge >= 0.3 is 0 Å². The van der Waals surface area contributed by atoms with Gasteiger partial charge in [-0.2, -0.15) is 0 Å². The lowest BCUT2D eigenvalue weighted by atomic mass is 9.77. The van der Waals surface area contributed by atoms with Gasteiger partial charge in [-0.15, -0.1) is 0 Å². The van der Waals surface area contributed by atoms with Crippen LogP contribution in [0.2, 0.25) is 0 Å². The van der Waals surface area contributed by atoms with Gasteiger partial charge in [-0.3, -0.25) is 9.59 Å². The first-order chi connectivity index (χ1) is 15.8. The van der Waals surface area contributed by atoms with Gasteiger partial charge in [-0.25, -0.2) is 0 Å². The molecule has 2 saturated carbocycles. The highest BCUT2D eigenvalue weighted by Crippen LogP contribution is 2.36. The highest BCUT2D eigenvalue weighted by molar-refractivity contribution is 5.88. The van der Waals surface area contributed by atoms with E-state index in [-0.39, 0.29) is 29.7 Å². The standard InChI is InChI=1S/C25H38N4O4/c1-4-33-22-15-18(9-10-21(22)32-3)28-13-14-29(17(2)16-28)24(31)20-8-6-5-7-19(20)23(30)27-25(26)11-12-25/h9-10,15,17,19-20H,4-8,11-14,16,26H2,1-3H3,(H,27,30)/t17?,19-,20-/m1/s1. The van der Waals surface area contributed by atoms with Crippen molar-refractivity contribution < 1.29 is 19.1 Å². The number of anilines is 1. The molecule has 2 aliphatic carbocycles. The van der Waals surface area contributed by atoms with Crippen molar-refractivity contribution in [2.45, 2.75) is 64.1 Å². The van der Waals surface area contributed by atoms with Gasteiger partial charge in [0.05, 0.1) is 19.4 Å². The first-order valence-corrected chi connectivity index (χ1v) is 12.3. The number of nitrogens with two attached hydrogens (primary N) is 1. The topological polar surface area (TPSA) is 97.1 Å². The molecule has 4 rings (SSSR count). The zero-order valence-corrected chi connectivity index (χ0v) is 20.1. The predicted octanol–water partition coefficient (Wildman–Crippen LogP) is 2.50. The second kappa shape index (κ2) is 9.79. The molecule has 0 bridgehead atoms. The Morgan fingerprint density at radius 3 is 2.52 bits per heavy atom. The van der Waals surface area contributed by atoms with Crippen LogP contribution in [0.25, 0.3) is 0 Å². The monoisotopic (exact) mass is 458 g/mol. The lowest BCUT2D eigenvalue weighted by Gasteiger charge is -2.43. The number of benzene rings is 1. The number of hydrogen-bond donors (Lipinski definition) is 2. The second-order valence-electron chi connectivity index (χ2n) is 9.74. The first-order valence-electron chi connectivity index (χ1n) is 12.3. The summed E-state index contributed by atoms with van der Waals surface area (Å²) in [6, 6.07) is 6.03. The van der Waals surface area contributed by atoms with Crippen LogP contribution in [0, 0.1) is 11.8 Å². The van der Waals surface area contributed by atoms with E-state index in [1.807, 2.05) is 30.0 Å². The minimum atomic E-state index is -0.542. The van der Waals surface area contributed by atoms with Crippen molar-refractivity contribution in [2.24, 2.45) is 17.6 Å². The Balaban J connectivity index is 1.42. The maximum absolute atomic E-state index is 13.6. The molecule has 1 unspecified atom stereocenters. The SMILES string of the molecule is CCOc1cc(N2CCN(C(=O)[C@@H]3CCCC[C@H]3C(=O)NC3(N)CC3)C(C)C2)ccc1OC. The molecule has 3 fully saturated rings. The van der Waals surface area contributed by atoms with Crippen LogP contribution in [0.4, 0.5) is 5.69 Å². The van der Waals surface area contributed by atoms with Crippen molar-refractivity contribution in [1.29, 1.82) is 0 Å². The fourth-order valence-corrected chi connectivity index (χ4v) is 5.20. The Hall–Kier alpha value is -2.48. The Bertz CT molecular complexity index is 872. The summed E-state index contributed by atoms with van der Waals surface area (Å²) in [7, 11) is 1.64. The number of ether oxygens (including phenoxy) is 2. The Labute approximate surface area is 196 Å². The van der Waals surface area contributed by atoms with Gasteiger partial charge in [-0.1, -0.05) is 12.8 Å². The summed E-state index contributed by atoms with van der Waals surface area (Å²) in [6.45, 7) is 6.73. The molecule has 33 heavy (non-hydrogen) atoms. The van der Waals surface area contributed by atoms with E-state index in [2.05, 4.69) is 17.1 Å². The number of amides is 2. The van der Waals surface area contributed by atoms with Crippen LogP contribution in [0.15, 0.2) is 18.2 Å². The Kier molecular flexibility index (Phi) is 7.02. The fourth-order valence-electron chi connectivity index (χ4n) is 5.20. The molecule has 3 N–H and O–H groups in total. The van der Waals surface area contributed by atoms with Gasteiger partial charge in [0.15, 0.2) is 11.5 Å². The van der Waals surface area contributed by atoms with Gasteiger partial charge in [-0.05, 0) is 51.7 Å². The van der Waals surface area contributed by atoms with Crippen LogP contribution < -0.4 is 25.4 Å². The molecule has 0 radical (unpaired) electrons. The summed E-state index contributed by atoms with van der Waals surface area (Å²) in [5.41, 5.74) is 6.63. The minimum absolute atomic E-state index is 0.0407. The molecule has 3 aliphatic rings. The van der Waals surface area contributed by atoms with Crippen LogP contribution in [0.1, 0.15) is 52.4 Å². The van der Waals surface area contributed by atoms with Crippen LogP contribution in [-0.4, -0.2) is 61.8 Å². The molecule has 8 heteroatoms. The van der Waals surface area contributed by atoms with Gasteiger partial charge in [0.1, 0.15) is 0 Å². The average Bonchev–Trinajstić information content (AvgIpc) is 3.55. The highest BCUT2D eigenvalue weighted by Gasteiger charge is 2.45. The van der Waals surface area contributed by atoms with Crippen molar-refractivity contribution in [1.82, 2.24) is 10.2 Å². The molecule has 1 aliphatic heterocycles. The molecule has 2 amide bonds. The van der Waals surface area contributed by atoms with Gasteiger partial charge in [0, 0.05) is 49.3 Å². The summed E-state index contributed by atoms with van der Waals surface area (Å²) in [5, 5.41) is 2.99. The molecule has 182 valence electrons. The van der Waals surface area contributed by atoms with Crippen molar-refractivity contribution in [2.75, 3.05) is 38.3 Å². The third-order valence-electron chi connectivity index (χ3n) is 7.30. The second-order valence-corrected chi connectivity index (χ2v) is 9.74. The Morgan fingerprint density at radius 1 is 1.15 bits per heavy atom. The summed E-state index contributed by atoms with van der Waals surface area (Å²) in [5.74, 6) is 1.01. The summed E-state index contributed by atoms with van der Waals surface area (Å²) in [6.07, 6.45) is 5.16. The van der Waals surface area contributed by atoms with Crippen LogP contribution in [0.5, 0.6) is 11.5 Å². The zero-order chi connectivity index (χ0) is 23.6. The predicted molar refractivity (Wildman–Crippen MR) is 127 cm³/mol. The number of carbonyl (C=O) groups excluding carboxylic acids is 2. The number of piperazine rings is 1. The van der Waals surface area contributed by atoms with Crippen molar-refractivity contribution in [3.63, 3.8) is 0 Å². The highest BCUT2D eigenvalue weighted by atomic mass is 16.5. The van der Waals surface area contributed by atoms with E-state index >= 15 is 0 Å². The molecular weight excluding hydrogens is 420 g/mol. The number of carbonyl (C=O) groups is 2. The van der Waals surface area contributed by atoms with Crippen LogP contribution in [0.3, 0.4) is 0 Å². The average molecular weight is 459 g/mol. The maximum Gasteiger partial charge on any atom is 0.226 e. The quantitative estimate of drug-likeness (QED) is 0.610. The van der Waals surface area contributed by atoms with E-state index in [1.54, 1.807) is 7.11 Å². The number of hydrogen-bond acceptors (Lipinski definition) is 6. The van der Waals surface area contributed by atoms with E-state index in [0.29, 0.717) is 13.2 Å². The Morgan fingerprint density at radius 2 is 1.88 bits per heavy atom. The number of nitrogens with one attached hydrogen (secondary N) is 1. The molecule has 8 nitrogen and oxygen atoms in total. The minimum Gasteiger partial charge on any atom is -0.493 e. The molecule has 0 aromatic heterocycles. The molecule has 1 aromatic carbocycles. The number of nitrogens with zero attached hydrogens (tertiary/aromatic N) is 2. The molecule has 1 saturated heterocycles. The molecule has 3 atom stereocenters. The van der Waals surface area contributed by atoms with E-state index in [1.165, 1.54) is 0 Å². The largest absolute Gasteiger partial charge is 0.493 e. The molecule has 0 spiro atoms. The van der Waals surface area contributed by atoms with Gasteiger partial charge < -0.3 is 30.3 Å².